The van der Waals surface area contributed by atoms with Crippen LogP contribution in [0.5, 0.6) is 0 Å². The summed E-state index contributed by atoms with van der Waals surface area (Å²) in [6.45, 7) is 2.09. The van der Waals surface area contributed by atoms with E-state index >= 15 is 0 Å². The number of aliphatic hydroxyl groups excluding tert-OH is 1. The highest BCUT2D eigenvalue weighted by molar-refractivity contribution is 7.85. The molecule has 0 saturated carbocycles. The molecule has 2 aromatic carbocycles. The van der Waals surface area contributed by atoms with Crippen molar-refractivity contribution in [2.75, 3.05) is 19.8 Å². The fourth-order valence-corrected chi connectivity index (χ4v) is 3.90. The van der Waals surface area contributed by atoms with E-state index in [1.165, 1.54) is 0 Å². The third kappa shape index (κ3) is 4.99. The van der Waals surface area contributed by atoms with Crippen LogP contribution in [0.2, 0.25) is 0 Å². The van der Waals surface area contributed by atoms with Crippen molar-refractivity contribution in [2.45, 2.75) is 30.4 Å². The van der Waals surface area contributed by atoms with Crippen LogP contribution in [-0.4, -0.2) is 40.2 Å². The van der Waals surface area contributed by atoms with Crippen molar-refractivity contribution in [2.24, 2.45) is 0 Å². The highest BCUT2D eigenvalue weighted by Gasteiger charge is 2.18. The molecule has 124 valence electrons. The fraction of sp³-hybridized carbons (Fsp3) is 0.368. The van der Waals surface area contributed by atoms with Crippen LogP contribution in [0.25, 0.3) is 0 Å². The van der Waals surface area contributed by atoms with Gasteiger partial charge in [0, 0.05) is 10.9 Å². The van der Waals surface area contributed by atoms with Gasteiger partial charge in [0.25, 0.3) is 0 Å². The number of aliphatic hydroxyl groups is 1. The number of hydrogen-bond acceptors (Lipinski definition) is 3. The molecule has 1 N–H and O–H groups in total. The summed E-state index contributed by atoms with van der Waals surface area (Å²) in [4.78, 5) is 2.91. The van der Waals surface area contributed by atoms with Gasteiger partial charge < -0.3 is 10.0 Å². The maximum atomic E-state index is 12.7. The first-order valence-corrected chi connectivity index (χ1v) is 9.16. The molecular weight excluding hydrogens is 306 g/mol. The zero-order valence-corrected chi connectivity index (χ0v) is 14.8. The van der Waals surface area contributed by atoms with Crippen LogP contribution < -0.4 is 0 Å². The van der Waals surface area contributed by atoms with Gasteiger partial charge in [-0.1, -0.05) is 48.5 Å². The Labute approximate surface area is 141 Å². The second-order valence-electron chi connectivity index (χ2n) is 6.03. The Hall–Kier alpha value is -1.49. The second-order valence-corrected chi connectivity index (χ2v) is 7.50. The zero-order valence-electron chi connectivity index (χ0n) is 14.0. The van der Waals surface area contributed by atoms with Gasteiger partial charge in [0.1, 0.15) is 0 Å². The molecule has 0 fully saturated rings. The Morgan fingerprint density at radius 3 is 2.30 bits per heavy atom. The lowest BCUT2D eigenvalue weighted by Gasteiger charge is -2.23. The van der Waals surface area contributed by atoms with Gasteiger partial charge in [-0.25, -0.2) is 0 Å². The summed E-state index contributed by atoms with van der Waals surface area (Å²) in [7, 11) is 2.80. The van der Waals surface area contributed by atoms with Crippen LogP contribution in [0, 0.1) is 0 Å². The van der Waals surface area contributed by atoms with Crippen LogP contribution in [0.15, 0.2) is 59.5 Å². The first-order valence-electron chi connectivity index (χ1n) is 7.84. The van der Waals surface area contributed by atoms with Crippen LogP contribution in [0.4, 0.5) is 0 Å². The summed E-state index contributed by atoms with van der Waals surface area (Å²) < 4.78 is 12.7. The van der Waals surface area contributed by atoms with E-state index in [1.54, 1.807) is 0 Å². The second kappa shape index (κ2) is 8.39. The molecule has 2 rings (SSSR count). The predicted molar refractivity (Wildman–Crippen MR) is 96.0 cm³/mol. The molecule has 0 aliphatic rings. The molecular formula is C19H25NO2S. The third-order valence-electron chi connectivity index (χ3n) is 4.05. The molecule has 0 heterocycles. The maximum absolute atomic E-state index is 12.7. The standard InChI is InChI=1S/C19H25NO2S/c1-15(20(2)3)18-11-7-8-12-19(18)23(22)14-17(21)13-16-9-5-4-6-10-16/h4-12,15,17,21H,13-14H2,1-3H3/t15-,17-,23+/m1/s1. The smallest absolute Gasteiger partial charge is 0.0699 e. The van der Waals surface area contributed by atoms with E-state index in [1.807, 2.05) is 68.7 Å². The van der Waals surface area contributed by atoms with Crippen molar-refractivity contribution < 1.29 is 9.32 Å². The summed E-state index contributed by atoms with van der Waals surface area (Å²) >= 11 is 0. The highest BCUT2D eigenvalue weighted by atomic mass is 32.2. The quantitative estimate of drug-likeness (QED) is 0.848. The van der Waals surface area contributed by atoms with Crippen molar-refractivity contribution in [1.29, 1.82) is 0 Å². The number of nitrogens with zero attached hydrogens (tertiary/aromatic N) is 1. The van der Waals surface area contributed by atoms with E-state index < -0.39 is 16.9 Å². The maximum Gasteiger partial charge on any atom is 0.0699 e. The lowest BCUT2D eigenvalue weighted by atomic mass is 10.1. The Morgan fingerprint density at radius 2 is 1.65 bits per heavy atom. The predicted octanol–water partition coefficient (Wildman–Crippen LogP) is 3.02. The number of benzene rings is 2. The van der Waals surface area contributed by atoms with Crippen LogP contribution in [0.3, 0.4) is 0 Å². The molecule has 23 heavy (non-hydrogen) atoms. The summed E-state index contributed by atoms with van der Waals surface area (Å²) in [6.07, 6.45) is -0.0845. The van der Waals surface area contributed by atoms with Crippen molar-refractivity contribution in [3.63, 3.8) is 0 Å². The van der Waals surface area contributed by atoms with Gasteiger partial charge in [-0.3, -0.25) is 4.21 Å². The molecule has 0 spiro atoms. The van der Waals surface area contributed by atoms with E-state index in [0.29, 0.717) is 6.42 Å². The van der Waals surface area contributed by atoms with E-state index in [9.17, 15) is 9.32 Å². The topological polar surface area (TPSA) is 40.5 Å². The van der Waals surface area contributed by atoms with E-state index in [2.05, 4.69) is 11.8 Å². The Balaban J connectivity index is 2.09. The summed E-state index contributed by atoms with van der Waals surface area (Å²) in [5, 5.41) is 10.3. The molecule has 0 unspecified atom stereocenters. The van der Waals surface area contributed by atoms with E-state index in [4.69, 9.17) is 0 Å². The van der Waals surface area contributed by atoms with Gasteiger partial charge in [-0.05, 0) is 44.6 Å². The molecule has 0 aromatic heterocycles. The van der Waals surface area contributed by atoms with Gasteiger partial charge in [0.05, 0.1) is 22.7 Å². The van der Waals surface area contributed by atoms with E-state index in [0.717, 1.165) is 16.0 Å². The third-order valence-corrected chi connectivity index (χ3v) is 5.60. The lowest BCUT2D eigenvalue weighted by molar-refractivity contribution is 0.199. The molecule has 2 aromatic rings. The molecule has 3 atom stereocenters. The minimum atomic E-state index is -1.21. The molecule has 0 aliphatic heterocycles. The highest BCUT2D eigenvalue weighted by Crippen LogP contribution is 2.24. The molecule has 3 nitrogen and oxygen atoms in total. The van der Waals surface area contributed by atoms with Gasteiger partial charge in [0.2, 0.25) is 0 Å². The first-order chi connectivity index (χ1) is 11.0. The fourth-order valence-electron chi connectivity index (χ4n) is 2.52. The summed E-state index contributed by atoms with van der Waals surface area (Å²) in [5.74, 6) is 0.256. The Kier molecular flexibility index (Phi) is 6.51. The molecule has 0 amide bonds. The molecule has 0 saturated heterocycles. The van der Waals surface area contributed by atoms with Crippen molar-refractivity contribution in [3.05, 3.63) is 65.7 Å². The van der Waals surface area contributed by atoms with Crippen molar-refractivity contribution in [1.82, 2.24) is 4.90 Å². The summed E-state index contributed by atoms with van der Waals surface area (Å²) in [5.41, 5.74) is 2.12. The van der Waals surface area contributed by atoms with Gasteiger partial charge >= 0.3 is 0 Å². The Morgan fingerprint density at radius 1 is 1.04 bits per heavy atom. The van der Waals surface area contributed by atoms with Crippen LogP contribution in [-0.2, 0) is 17.2 Å². The molecule has 0 radical (unpaired) electrons. The molecule has 4 heteroatoms. The minimum absolute atomic E-state index is 0.182. The normalized spacial score (nSPS) is 15.3. The van der Waals surface area contributed by atoms with Gasteiger partial charge in [-0.2, -0.15) is 0 Å². The number of hydrogen-bond donors (Lipinski definition) is 1. The van der Waals surface area contributed by atoms with Crippen LogP contribution in [0.1, 0.15) is 24.1 Å². The van der Waals surface area contributed by atoms with Crippen molar-refractivity contribution in [3.8, 4) is 0 Å². The minimum Gasteiger partial charge on any atom is -0.392 e. The van der Waals surface area contributed by atoms with Crippen molar-refractivity contribution >= 4 is 10.8 Å². The lowest BCUT2D eigenvalue weighted by Crippen LogP contribution is -2.22. The Bertz CT molecular complexity index is 643. The average molecular weight is 331 g/mol. The van der Waals surface area contributed by atoms with Gasteiger partial charge in [0.15, 0.2) is 0 Å². The van der Waals surface area contributed by atoms with Gasteiger partial charge in [-0.15, -0.1) is 0 Å². The zero-order chi connectivity index (χ0) is 16.8. The summed E-state index contributed by atoms with van der Waals surface area (Å²) in [6, 6.07) is 17.8. The van der Waals surface area contributed by atoms with E-state index in [-0.39, 0.29) is 11.8 Å². The van der Waals surface area contributed by atoms with Crippen LogP contribution >= 0.6 is 0 Å². The first kappa shape index (κ1) is 17.9. The average Bonchev–Trinajstić information content (AvgIpc) is 2.54. The SMILES string of the molecule is C[C@H](c1ccccc1[S@@](=O)C[C@H](O)Cc1ccccc1)N(C)C. The molecule has 0 aliphatic carbocycles. The number of rotatable bonds is 7. The largest absolute Gasteiger partial charge is 0.392 e. The molecule has 0 bridgehead atoms. The monoisotopic (exact) mass is 331 g/mol.